The molecule has 1 heterocycles. The molecule has 3 fully saturated rings. The van der Waals surface area contributed by atoms with Crippen LogP contribution in [0.25, 0.3) is 0 Å². The summed E-state index contributed by atoms with van der Waals surface area (Å²) in [4.78, 5) is 14.9. The third-order valence-electron chi connectivity index (χ3n) is 4.48. The summed E-state index contributed by atoms with van der Waals surface area (Å²) in [6.07, 6.45) is 6.15. The van der Waals surface area contributed by atoms with Gasteiger partial charge in [-0.25, -0.2) is 0 Å². The van der Waals surface area contributed by atoms with Crippen molar-refractivity contribution in [1.29, 1.82) is 0 Å². The van der Waals surface area contributed by atoms with Crippen molar-refractivity contribution in [2.24, 2.45) is 11.8 Å². The molecule has 3 rings (SSSR count). The molecular weight excluding hydrogens is 240 g/mol. The molecule has 0 aromatic rings. The Kier molecular flexibility index (Phi) is 4.08. The number of rotatable bonds is 7. The van der Waals surface area contributed by atoms with Crippen LogP contribution in [0.3, 0.4) is 0 Å². The summed E-state index contributed by atoms with van der Waals surface area (Å²) >= 11 is 0. The maximum absolute atomic E-state index is 12.8. The monoisotopic (exact) mass is 266 g/mol. The van der Waals surface area contributed by atoms with Crippen LogP contribution in [0.5, 0.6) is 0 Å². The molecule has 108 valence electrons. The van der Waals surface area contributed by atoms with Gasteiger partial charge in [-0.3, -0.25) is 4.79 Å². The Labute approximate surface area is 115 Å². The van der Waals surface area contributed by atoms with Gasteiger partial charge in [0.15, 0.2) is 0 Å². The Morgan fingerprint density at radius 2 is 2.05 bits per heavy atom. The summed E-state index contributed by atoms with van der Waals surface area (Å²) in [5.74, 6) is 1.18. The van der Waals surface area contributed by atoms with Gasteiger partial charge in [-0.05, 0) is 44.6 Å². The van der Waals surface area contributed by atoms with Gasteiger partial charge in [0.2, 0.25) is 5.91 Å². The topological polar surface area (TPSA) is 41.6 Å². The van der Waals surface area contributed by atoms with Crippen molar-refractivity contribution in [3.05, 3.63) is 0 Å². The van der Waals surface area contributed by atoms with E-state index in [2.05, 4.69) is 17.1 Å². The van der Waals surface area contributed by atoms with Crippen molar-refractivity contribution in [1.82, 2.24) is 10.2 Å². The zero-order valence-corrected chi connectivity index (χ0v) is 11.9. The first-order chi connectivity index (χ1) is 9.29. The lowest BCUT2D eigenvalue weighted by Gasteiger charge is -2.28. The van der Waals surface area contributed by atoms with E-state index in [1.165, 1.54) is 25.7 Å². The normalized spacial score (nSPS) is 30.6. The highest BCUT2D eigenvalue weighted by molar-refractivity contribution is 5.80. The maximum atomic E-state index is 12.8. The Bertz CT molecular complexity index is 326. The van der Waals surface area contributed by atoms with Crippen molar-refractivity contribution in [2.45, 2.75) is 51.1 Å². The van der Waals surface area contributed by atoms with Crippen LogP contribution in [0.4, 0.5) is 0 Å². The molecule has 2 aliphatic carbocycles. The van der Waals surface area contributed by atoms with Crippen molar-refractivity contribution in [3.8, 4) is 0 Å². The first kappa shape index (κ1) is 13.4. The summed E-state index contributed by atoms with van der Waals surface area (Å²) in [5.41, 5.74) is 0. The molecule has 0 aromatic heterocycles. The molecule has 2 unspecified atom stereocenters. The summed E-state index contributed by atoms with van der Waals surface area (Å²) in [5, 5.41) is 3.47. The summed E-state index contributed by atoms with van der Waals surface area (Å²) in [6.45, 7) is 5.43. The van der Waals surface area contributed by atoms with E-state index in [-0.39, 0.29) is 12.0 Å². The minimum absolute atomic E-state index is 0.0471. The molecule has 4 heteroatoms. The predicted molar refractivity (Wildman–Crippen MR) is 73.8 cm³/mol. The first-order valence-corrected chi connectivity index (χ1v) is 7.91. The predicted octanol–water partition coefficient (Wildman–Crippen LogP) is 1.40. The molecule has 4 nitrogen and oxygen atoms in total. The highest BCUT2D eigenvalue weighted by Gasteiger charge is 2.42. The maximum Gasteiger partial charge on any atom is 0.229 e. The molecule has 2 saturated carbocycles. The number of amides is 1. The zero-order chi connectivity index (χ0) is 13.2. The van der Waals surface area contributed by atoms with Crippen LogP contribution in [0, 0.1) is 11.8 Å². The van der Waals surface area contributed by atoms with E-state index >= 15 is 0 Å². The van der Waals surface area contributed by atoms with Crippen LogP contribution < -0.4 is 5.32 Å². The van der Waals surface area contributed by atoms with E-state index in [4.69, 9.17) is 4.74 Å². The van der Waals surface area contributed by atoms with Crippen molar-refractivity contribution in [2.75, 3.05) is 26.3 Å². The zero-order valence-electron chi connectivity index (χ0n) is 11.9. The fraction of sp³-hybridized carbons (Fsp3) is 0.933. The number of nitrogens with zero attached hydrogens (tertiary/aromatic N) is 1. The van der Waals surface area contributed by atoms with Gasteiger partial charge in [-0.1, -0.05) is 6.92 Å². The second-order valence-electron chi connectivity index (χ2n) is 6.37. The van der Waals surface area contributed by atoms with Gasteiger partial charge in [0.25, 0.3) is 0 Å². The Balaban J connectivity index is 1.59. The van der Waals surface area contributed by atoms with Crippen molar-refractivity contribution < 1.29 is 9.53 Å². The van der Waals surface area contributed by atoms with E-state index < -0.39 is 0 Å². The van der Waals surface area contributed by atoms with Gasteiger partial charge in [0, 0.05) is 18.6 Å². The van der Waals surface area contributed by atoms with Crippen LogP contribution in [0.15, 0.2) is 0 Å². The average Bonchev–Trinajstić information content (AvgIpc) is 3.32. The smallest absolute Gasteiger partial charge is 0.229 e. The molecule has 0 bridgehead atoms. The lowest BCUT2D eigenvalue weighted by atomic mass is 10.0. The molecule has 0 spiro atoms. The van der Waals surface area contributed by atoms with Crippen LogP contribution in [-0.4, -0.2) is 49.2 Å². The van der Waals surface area contributed by atoms with E-state index in [1.807, 2.05) is 0 Å². The van der Waals surface area contributed by atoms with Gasteiger partial charge in [-0.15, -0.1) is 0 Å². The van der Waals surface area contributed by atoms with E-state index in [9.17, 15) is 4.79 Å². The number of hydrogen-bond donors (Lipinski definition) is 1. The molecule has 1 N–H and O–H groups in total. The fourth-order valence-corrected chi connectivity index (χ4v) is 2.93. The molecule has 1 saturated heterocycles. The third kappa shape index (κ3) is 3.29. The number of carbonyl (C=O) groups excluding carboxylic acids is 1. The lowest BCUT2D eigenvalue weighted by molar-refractivity contribution is -0.136. The van der Waals surface area contributed by atoms with Crippen molar-refractivity contribution >= 4 is 5.91 Å². The quantitative estimate of drug-likeness (QED) is 0.757. The van der Waals surface area contributed by atoms with Gasteiger partial charge >= 0.3 is 0 Å². The molecular formula is C15H26N2O2. The fourth-order valence-electron chi connectivity index (χ4n) is 2.93. The Hall–Kier alpha value is -0.610. The number of nitrogens with one attached hydrogen (secondary N) is 1. The lowest BCUT2D eigenvalue weighted by Crippen LogP contribution is -2.47. The van der Waals surface area contributed by atoms with Crippen LogP contribution in [0.1, 0.15) is 39.0 Å². The van der Waals surface area contributed by atoms with E-state index in [0.29, 0.717) is 25.2 Å². The minimum Gasteiger partial charge on any atom is -0.379 e. The van der Waals surface area contributed by atoms with Crippen molar-refractivity contribution in [3.63, 3.8) is 0 Å². The molecule has 1 amide bonds. The number of hydrogen-bond acceptors (Lipinski definition) is 3. The van der Waals surface area contributed by atoms with Crippen LogP contribution in [-0.2, 0) is 9.53 Å². The minimum atomic E-state index is 0.0471. The first-order valence-electron chi connectivity index (χ1n) is 7.91. The highest BCUT2D eigenvalue weighted by atomic mass is 16.5. The second kappa shape index (κ2) is 5.80. The summed E-state index contributed by atoms with van der Waals surface area (Å²) in [6, 6.07) is 0.772. The van der Waals surface area contributed by atoms with Gasteiger partial charge in [0.05, 0.1) is 19.1 Å². The molecule has 3 aliphatic rings. The van der Waals surface area contributed by atoms with Crippen LogP contribution >= 0.6 is 0 Å². The standard InChI is InChI=1S/C15H26N2O2/c1-2-7-16-14-10-19-9-13(14)15(18)17(12-5-6-12)8-11-3-4-11/h11-14,16H,2-10H2,1H3. The highest BCUT2D eigenvalue weighted by Crippen LogP contribution is 2.36. The molecule has 0 radical (unpaired) electrons. The third-order valence-corrected chi connectivity index (χ3v) is 4.48. The van der Waals surface area contributed by atoms with Gasteiger partial charge in [-0.2, -0.15) is 0 Å². The molecule has 19 heavy (non-hydrogen) atoms. The summed E-state index contributed by atoms with van der Waals surface area (Å²) < 4.78 is 5.55. The van der Waals surface area contributed by atoms with E-state index in [0.717, 1.165) is 25.4 Å². The molecule has 2 atom stereocenters. The largest absolute Gasteiger partial charge is 0.379 e. The Morgan fingerprint density at radius 3 is 2.68 bits per heavy atom. The number of ether oxygens (including phenoxy) is 1. The average molecular weight is 266 g/mol. The van der Waals surface area contributed by atoms with Crippen LogP contribution in [0.2, 0.25) is 0 Å². The number of carbonyl (C=O) groups is 1. The Morgan fingerprint density at radius 1 is 1.26 bits per heavy atom. The molecule has 1 aliphatic heterocycles. The SMILES string of the molecule is CCCNC1COCC1C(=O)N(CC1CC1)C1CC1. The van der Waals surface area contributed by atoms with Gasteiger partial charge < -0.3 is 15.0 Å². The summed E-state index contributed by atoms with van der Waals surface area (Å²) in [7, 11) is 0. The molecule has 0 aromatic carbocycles. The second-order valence-corrected chi connectivity index (χ2v) is 6.37. The van der Waals surface area contributed by atoms with Gasteiger partial charge in [0.1, 0.15) is 0 Å². The van der Waals surface area contributed by atoms with E-state index in [1.54, 1.807) is 0 Å².